The molecule has 0 spiro atoms. The molecule has 162 valence electrons. The number of nitrogens with zero attached hydrogens (tertiary/aromatic N) is 2. The number of thioether (sulfide) groups is 1. The summed E-state index contributed by atoms with van der Waals surface area (Å²) < 4.78 is 10.7. The zero-order chi connectivity index (χ0) is 22.2. The lowest BCUT2D eigenvalue weighted by Crippen LogP contribution is -2.15. The van der Waals surface area contributed by atoms with Crippen molar-refractivity contribution in [2.75, 3.05) is 23.5 Å². The molecule has 2 aromatic carbocycles. The number of carbonyl (C=O) groups excluding carboxylic acids is 2. The summed E-state index contributed by atoms with van der Waals surface area (Å²) in [5.41, 5.74) is 2.09. The first-order valence-electron chi connectivity index (χ1n) is 9.73. The van der Waals surface area contributed by atoms with Crippen molar-refractivity contribution in [1.29, 1.82) is 0 Å². The Bertz CT molecular complexity index is 1020. The van der Waals surface area contributed by atoms with Crippen molar-refractivity contribution in [3.63, 3.8) is 0 Å². The van der Waals surface area contributed by atoms with Crippen LogP contribution in [0.3, 0.4) is 0 Å². The molecule has 0 aliphatic heterocycles. The number of hydrogen-bond donors (Lipinski definition) is 2. The average molecular weight is 441 g/mol. The molecule has 0 fully saturated rings. The van der Waals surface area contributed by atoms with E-state index in [4.69, 9.17) is 9.15 Å². The first-order valence-corrected chi connectivity index (χ1v) is 10.7. The van der Waals surface area contributed by atoms with Gasteiger partial charge in [-0.15, -0.1) is 10.2 Å². The van der Waals surface area contributed by atoms with Crippen LogP contribution in [-0.2, 0) is 9.59 Å². The van der Waals surface area contributed by atoms with Gasteiger partial charge in [0.25, 0.3) is 5.22 Å². The number of nitrogens with one attached hydrogen (secondary N) is 2. The fourth-order valence-electron chi connectivity index (χ4n) is 2.66. The van der Waals surface area contributed by atoms with Gasteiger partial charge in [-0.2, -0.15) is 0 Å². The molecule has 3 aromatic rings. The van der Waals surface area contributed by atoms with Gasteiger partial charge >= 0.3 is 0 Å². The topological polar surface area (TPSA) is 106 Å². The van der Waals surface area contributed by atoms with Gasteiger partial charge in [0.05, 0.1) is 12.9 Å². The van der Waals surface area contributed by atoms with E-state index in [9.17, 15) is 9.59 Å². The van der Waals surface area contributed by atoms with Crippen molar-refractivity contribution in [2.24, 2.45) is 5.92 Å². The Balaban J connectivity index is 1.48. The lowest BCUT2D eigenvalue weighted by molar-refractivity contribution is -0.117. The number of methoxy groups -OCH3 is 1. The fourth-order valence-corrected chi connectivity index (χ4v) is 3.23. The zero-order valence-electron chi connectivity index (χ0n) is 17.5. The van der Waals surface area contributed by atoms with Gasteiger partial charge in [0, 0.05) is 23.4 Å². The largest absolute Gasteiger partial charge is 0.497 e. The molecule has 3 rings (SSSR count). The molecule has 0 aliphatic rings. The molecule has 0 saturated carbocycles. The molecule has 0 aliphatic carbocycles. The fraction of sp³-hybridized carbons (Fsp3) is 0.273. The first-order chi connectivity index (χ1) is 14.9. The van der Waals surface area contributed by atoms with Gasteiger partial charge in [0.1, 0.15) is 5.75 Å². The van der Waals surface area contributed by atoms with Crippen molar-refractivity contribution < 1.29 is 18.7 Å². The van der Waals surface area contributed by atoms with Crippen molar-refractivity contribution in [1.82, 2.24) is 10.2 Å². The van der Waals surface area contributed by atoms with Crippen LogP contribution in [0.25, 0.3) is 11.5 Å². The van der Waals surface area contributed by atoms with Crippen LogP contribution in [-0.4, -0.2) is 34.9 Å². The molecule has 0 unspecified atom stereocenters. The number of hydrogen-bond acceptors (Lipinski definition) is 7. The molecule has 2 N–H and O–H groups in total. The van der Waals surface area contributed by atoms with Crippen LogP contribution in [0.15, 0.2) is 58.2 Å². The third-order valence-electron chi connectivity index (χ3n) is 4.12. The Kier molecular flexibility index (Phi) is 7.66. The van der Waals surface area contributed by atoms with Gasteiger partial charge in [0.2, 0.25) is 17.7 Å². The first kappa shape index (κ1) is 22.4. The van der Waals surface area contributed by atoms with Crippen LogP contribution in [0.2, 0.25) is 0 Å². The number of aromatic nitrogens is 2. The highest BCUT2D eigenvalue weighted by molar-refractivity contribution is 7.99. The van der Waals surface area contributed by atoms with Gasteiger partial charge in [-0.25, -0.2) is 0 Å². The van der Waals surface area contributed by atoms with Crippen molar-refractivity contribution in [3.8, 4) is 17.2 Å². The van der Waals surface area contributed by atoms with Crippen molar-refractivity contribution >= 4 is 35.0 Å². The standard InChI is InChI=1S/C22H24N4O4S/c1-14(2)12-19(27)23-16-6-8-17(9-7-16)24-20(28)13-31-22-26-25-21(30-22)15-4-10-18(29-3)11-5-15/h4-11,14H,12-13H2,1-3H3,(H,23,27)(H,24,28). The highest BCUT2D eigenvalue weighted by Crippen LogP contribution is 2.25. The smallest absolute Gasteiger partial charge is 0.277 e. The number of carbonyl (C=O) groups is 2. The molecule has 0 atom stereocenters. The molecular weight excluding hydrogens is 416 g/mol. The normalized spacial score (nSPS) is 10.7. The summed E-state index contributed by atoms with van der Waals surface area (Å²) in [6.45, 7) is 3.98. The minimum absolute atomic E-state index is 0.0308. The minimum atomic E-state index is -0.203. The predicted molar refractivity (Wildman–Crippen MR) is 120 cm³/mol. The molecule has 0 radical (unpaired) electrons. The zero-order valence-corrected chi connectivity index (χ0v) is 18.4. The molecule has 31 heavy (non-hydrogen) atoms. The molecule has 0 bridgehead atoms. The lowest BCUT2D eigenvalue weighted by Gasteiger charge is -2.08. The van der Waals surface area contributed by atoms with E-state index in [-0.39, 0.29) is 17.6 Å². The van der Waals surface area contributed by atoms with E-state index in [2.05, 4.69) is 20.8 Å². The van der Waals surface area contributed by atoms with Crippen LogP contribution >= 0.6 is 11.8 Å². The Labute approximate surface area is 184 Å². The Hall–Kier alpha value is -3.33. The summed E-state index contributed by atoms with van der Waals surface area (Å²) in [4.78, 5) is 24.0. The number of ether oxygens (including phenoxy) is 1. The highest BCUT2D eigenvalue weighted by atomic mass is 32.2. The summed E-state index contributed by atoms with van der Waals surface area (Å²) in [5.74, 6) is 1.29. The summed E-state index contributed by atoms with van der Waals surface area (Å²) in [6, 6.07) is 14.2. The van der Waals surface area contributed by atoms with Gasteiger partial charge in [-0.1, -0.05) is 25.6 Å². The van der Waals surface area contributed by atoms with Crippen LogP contribution in [0.4, 0.5) is 11.4 Å². The second kappa shape index (κ2) is 10.6. The Morgan fingerprint density at radius 3 is 2.16 bits per heavy atom. The Morgan fingerprint density at radius 1 is 0.968 bits per heavy atom. The number of amides is 2. The lowest BCUT2D eigenvalue weighted by atomic mass is 10.1. The summed E-state index contributed by atoms with van der Waals surface area (Å²) in [5, 5.41) is 13.9. The summed E-state index contributed by atoms with van der Waals surface area (Å²) >= 11 is 1.15. The van der Waals surface area contributed by atoms with E-state index >= 15 is 0 Å². The second-order valence-electron chi connectivity index (χ2n) is 7.16. The predicted octanol–water partition coefficient (Wildman–Crippen LogP) is 4.46. The molecule has 0 saturated heterocycles. The van der Waals surface area contributed by atoms with Gasteiger partial charge in [-0.05, 0) is 54.4 Å². The highest BCUT2D eigenvalue weighted by Gasteiger charge is 2.12. The van der Waals surface area contributed by atoms with Crippen molar-refractivity contribution in [3.05, 3.63) is 48.5 Å². The van der Waals surface area contributed by atoms with Gasteiger partial charge in [-0.3, -0.25) is 9.59 Å². The molecule has 1 aromatic heterocycles. The SMILES string of the molecule is COc1ccc(-c2nnc(SCC(=O)Nc3ccc(NC(=O)CC(C)C)cc3)o2)cc1. The van der Waals surface area contributed by atoms with E-state index in [0.29, 0.717) is 34.8 Å². The van der Waals surface area contributed by atoms with Gasteiger partial charge in [0.15, 0.2) is 0 Å². The average Bonchev–Trinajstić information content (AvgIpc) is 3.22. The Morgan fingerprint density at radius 2 is 1.58 bits per heavy atom. The third kappa shape index (κ3) is 6.85. The number of anilines is 2. The molecular formula is C22H24N4O4S. The van der Waals surface area contributed by atoms with E-state index < -0.39 is 0 Å². The maximum Gasteiger partial charge on any atom is 0.277 e. The molecule has 9 heteroatoms. The number of benzene rings is 2. The van der Waals surface area contributed by atoms with Crippen molar-refractivity contribution in [2.45, 2.75) is 25.5 Å². The van der Waals surface area contributed by atoms with E-state index in [0.717, 1.165) is 23.1 Å². The minimum Gasteiger partial charge on any atom is -0.497 e. The summed E-state index contributed by atoms with van der Waals surface area (Å²) in [6.07, 6.45) is 0.464. The van der Waals surface area contributed by atoms with Gasteiger partial charge < -0.3 is 19.8 Å². The number of rotatable bonds is 9. The van der Waals surface area contributed by atoms with E-state index in [1.165, 1.54) is 0 Å². The van der Waals surface area contributed by atoms with Crippen LogP contribution in [0, 0.1) is 5.92 Å². The maximum atomic E-state index is 12.2. The third-order valence-corrected chi connectivity index (χ3v) is 4.93. The summed E-state index contributed by atoms with van der Waals surface area (Å²) in [7, 11) is 1.60. The second-order valence-corrected chi connectivity index (χ2v) is 8.09. The van der Waals surface area contributed by atoms with E-state index in [1.807, 2.05) is 26.0 Å². The van der Waals surface area contributed by atoms with Crippen LogP contribution in [0.1, 0.15) is 20.3 Å². The van der Waals surface area contributed by atoms with Crippen LogP contribution < -0.4 is 15.4 Å². The molecule has 2 amide bonds. The quantitative estimate of drug-likeness (QED) is 0.473. The van der Waals surface area contributed by atoms with E-state index in [1.54, 1.807) is 43.5 Å². The molecule has 1 heterocycles. The molecule has 8 nitrogen and oxygen atoms in total. The van der Waals surface area contributed by atoms with Crippen LogP contribution in [0.5, 0.6) is 5.75 Å². The maximum absolute atomic E-state index is 12.2. The monoisotopic (exact) mass is 440 g/mol.